The zero-order valence-electron chi connectivity index (χ0n) is 6.15. The van der Waals surface area contributed by atoms with Crippen LogP contribution in [0.4, 0.5) is 13.2 Å². The first kappa shape index (κ1) is 8.96. The third-order valence-electron chi connectivity index (χ3n) is 1.19. The Morgan fingerprint density at radius 3 is 1.75 bits per heavy atom. The molecular formula is C7H6F3N2. The number of aromatic nitrogens is 2. The van der Waals surface area contributed by atoms with Crippen LogP contribution in [0.1, 0.15) is 17.2 Å². The lowest BCUT2D eigenvalue weighted by Gasteiger charge is -1.99. The Kier molecular flexibility index (Phi) is 3.01. The first-order valence-electron chi connectivity index (χ1n) is 3.26. The molecule has 0 saturated carbocycles. The molecule has 0 saturated heterocycles. The largest absolute Gasteiger partial charge is 0.244 e. The monoisotopic (exact) mass is 175 g/mol. The van der Waals surface area contributed by atoms with Gasteiger partial charge in [-0.2, -0.15) is 0 Å². The van der Waals surface area contributed by atoms with Gasteiger partial charge in [-0.25, -0.2) is 23.1 Å². The fourth-order valence-corrected chi connectivity index (χ4v) is 0.745. The summed E-state index contributed by atoms with van der Waals surface area (Å²) < 4.78 is 36.0. The highest BCUT2D eigenvalue weighted by molar-refractivity contribution is 5.07. The third kappa shape index (κ3) is 1.93. The second-order valence-electron chi connectivity index (χ2n) is 2.06. The summed E-state index contributed by atoms with van der Waals surface area (Å²) in [6.07, 6.45) is 0. The number of rotatable bonds is 3. The third-order valence-corrected chi connectivity index (χ3v) is 1.19. The highest BCUT2D eigenvalue weighted by Gasteiger charge is 2.04. The minimum absolute atomic E-state index is 0.106. The molecule has 2 nitrogen and oxygen atoms in total. The minimum atomic E-state index is -0.922. The quantitative estimate of drug-likeness (QED) is 0.698. The molecule has 1 heterocycles. The van der Waals surface area contributed by atoms with E-state index in [0.29, 0.717) is 0 Å². The zero-order valence-corrected chi connectivity index (χ0v) is 6.15. The molecule has 0 unspecified atom stereocenters. The van der Waals surface area contributed by atoms with Crippen molar-refractivity contribution >= 4 is 0 Å². The maximum Gasteiger partial charge on any atom is 0.160 e. The second kappa shape index (κ2) is 4.04. The highest BCUT2D eigenvalue weighted by Crippen LogP contribution is 2.04. The molecule has 0 aliphatic rings. The molecule has 65 valence electrons. The van der Waals surface area contributed by atoms with Crippen molar-refractivity contribution in [1.29, 1.82) is 0 Å². The van der Waals surface area contributed by atoms with Crippen LogP contribution in [-0.2, 0) is 20.0 Å². The number of hydrogen-bond acceptors (Lipinski definition) is 2. The molecule has 0 fully saturated rings. The maximum atomic E-state index is 12.0. The van der Waals surface area contributed by atoms with E-state index in [9.17, 15) is 13.2 Å². The van der Waals surface area contributed by atoms with Crippen molar-refractivity contribution in [1.82, 2.24) is 9.97 Å². The predicted octanol–water partition coefficient (Wildman–Crippen LogP) is 1.69. The van der Waals surface area contributed by atoms with E-state index in [2.05, 4.69) is 16.0 Å². The Morgan fingerprint density at radius 1 is 0.917 bits per heavy atom. The van der Waals surface area contributed by atoms with Crippen LogP contribution in [0.3, 0.4) is 0 Å². The summed E-state index contributed by atoms with van der Waals surface area (Å²) in [5.74, 6) is -0.200. The Bertz CT molecular complexity index is 210. The van der Waals surface area contributed by atoms with Crippen LogP contribution in [0.25, 0.3) is 0 Å². The molecule has 1 aromatic rings. The van der Waals surface area contributed by atoms with Gasteiger partial charge in [0.05, 0.1) is 11.4 Å². The van der Waals surface area contributed by atoms with E-state index in [0.717, 1.165) is 0 Å². The van der Waals surface area contributed by atoms with Crippen molar-refractivity contribution in [2.24, 2.45) is 0 Å². The summed E-state index contributed by atoms with van der Waals surface area (Å²) in [6, 6.07) is 2.28. The van der Waals surface area contributed by atoms with Gasteiger partial charge in [0.15, 0.2) is 5.82 Å². The number of halogens is 3. The molecule has 12 heavy (non-hydrogen) atoms. The zero-order chi connectivity index (χ0) is 8.97. The summed E-state index contributed by atoms with van der Waals surface area (Å²) in [5, 5.41) is 0. The first-order chi connectivity index (χ1) is 5.80. The predicted molar refractivity (Wildman–Crippen MR) is 35.3 cm³/mol. The number of hydrogen-bond donors (Lipinski definition) is 0. The van der Waals surface area contributed by atoms with Gasteiger partial charge in [-0.3, -0.25) is 0 Å². The van der Waals surface area contributed by atoms with Crippen LogP contribution in [0.2, 0.25) is 0 Å². The Hall–Kier alpha value is -1.13. The first-order valence-corrected chi connectivity index (χ1v) is 3.26. The summed E-state index contributed by atoms with van der Waals surface area (Å²) in [7, 11) is 0. The van der Waals surface area contributed by atoms with Crippen molar-refractivity contribution in [3.05, 3.63) is 23.3 Å². The van der Waals surface area contributed by atoms with Crippen LogP contribution in [-0.4, -0.2) is 9.97 Å². The lowest BCUT2D eigenvalue weighted by atomic mass is 10.3. The molecule has 0 atom stereocenters. The van der Waals surface area contributed by atoms with Gasteiger partial charge in [-0.1, -0.05) is 0 Å². The average Bonchev–Trinajstić information content (AvgIpc) is 2.16. The van der Waals surface area contributed by atoms with Crippen LogP contribution in [0, 0.1) is 6.07 Å². The molecule has 0 aromatic carbocycles. The fraction of sp³-hybridized carbons (Fsp3) is 0.429. The molecule has 0 N–H and O–H groups in total. The lowest BCUT2D eigenvalue weighted by molar-refractivity contribution is 0.433. The van der Waals surface area contributed by atoms with Crippen molar-refractivity contribution in [3.63, 3.8) is 0 Å². The Morgan fingerprint density at radius 2 is 1.42 bits per heavy atom. The average molecular weight is 175 g/mol. The summed E-state index contributed by atoms with van der Waals surface area (Å²) >= 11 is 0. The minimum Gasteiger partial charge on any atom is -0.244 e. The topological polar surface area (TPSA) is 25.8 Å². The van der Waals surface area contributed by atoms with Gasteiger partial charge in [-0.15, -0.1) is 0 Å². The van der Waals surface area contributed by atoms with Crippen molar-refractivity contribution in [3.8, 4) is 0 Å². The second-order valence-corrected chi connectivity index (χ2v) is 2.06. The van der Waals surface area contributed by atoms with Crippen LogP contribution < -0.4 is 0 Å². The molecule has 1 aromatic heterocycles. The fourth-order valence-electron chi connectivity index (χ4n) is 0.745. The molecule has 1 rings (SSSR count). The van der Waals surface area contributed by atoms with E-state index in [-0.39, 0.29) is 17.2 Å². The van der Waals surface area contributed by atoms with Gasteiger partial charge in [0, 0.05) is 6.07 Å². The van der Waals surface area contributed by atoms with Crippen LogP contribution in [0.5, 0.6) is 0 Å². The van der Waals surface area contributed by atoms with E-state index in [1.807, 2.05) is 0 Å². The lowest BCUT2D eigenvalue weighted by Crippen LogP contribution is -2.00. The Labute approximate surface area is 67.5 Å². The van der Waals surface area contributed by atoms with Gasteiger partial charge in [0.1, 0.15) is 20.0 Å². The molecule has 0 amide bonds. The van der Waals surface area contributed by atoms with Crippen molar-refractivity contribution in [2.75, 3.05) is 0 Å². The van der Waals surface area contributed by atoms with Gasteiger partial charge < -0.3 is 0 Å². The van der Waals surface area contributed by atoms with E-state index in [1.165, 1.54) is 0 Å². The SMILES string of the molecule is FCc1[c]c(CF)nc(CF)n1. The molecule has 0 spiro atoms. The van der Waals surface area contributed by atoms with E-state index in [4.69, 9.17) is 0 Å². The molecular weight excluding hydrogens is 169 g/mol. The van der Waals surface area contributed by atoms with Gasteiger partial charge in [0.25, 0.3) is 0 Å². The van der Waals surface area contributed by atoms with Gasteiger partial charge in [-0.05, 0) is 0 Å². The summed E-state index contributed by atoms with van der Waals surface area (Å²) in [5.41, 5.74) is -0.212. The standard InChI is InChI=1S/C7H6F3N2/c8-2-5-1-6(3-9)12-7(4-10)11-5/h2-4H2. The molecule has 0 aliphatic carbocycles. The molecule has 1 radical (unpaired) electrons. The normalized spacial score (nSPS) is 10.2. The van der Waals surface area contributed by atoms with E-state index < -0.39 is 20.0 Å². The van der Waals surface area contributed by atoms with Gasteiger partial charge in [0.2, 0.25) is 0 Å². The van der Waals surface area contributed by atoms with Crippen LogP contribution in [0.15, 0.2) is 0 Å². The van der Waals surface area contributed by atoms with Crippen molar-refractivity contribution < 1.29 is 13.2 Å². The molecule has 5 heteroatoms. The molecule has 0 aliphatic heterocycles. The Balaban J connectivity index is 3.01. The number of nitrogens with zero attached hydrogens (tertiary/aromatic N) is 2. The van der Waals surface area contributed by atoms with Gasteiger partial charge >= 0.3 is 0 Å². The van der Waals surface area contributed by atoms with E-state index in [1.54, 1.807) is 0 Å². The highest BCUT2D eigenvalue weighted by atomic mass is 19.1. The summed E-state index contributed by atoms with van der Waals surface area (Å²) in [6.45, 7) is -2.69. The van der Waals surface area contributed by atoms with Crippen molar-refractivity contribution in [2.45, 2.75) is 20.0 Å². The maximum absolute atomic E-state index is 12.0. The van der Waals surface area contributed by atoms with Crippen LogP contribution >= 0.6 is 0 Å². The smallest absolute Gasteiger partial charge is 0.160 e. The molecule has 0 bridgehead atoms. The number of alkyl halides is 3. The summed E-state index contributed by atoms with van der Waals surface area (Å²) in [4.78, 5) is 6.87. The van der Waals surface area contributed by atoms with E-state index >= 15 is 0 Å².